The van der Waals surface area contributed by atoms with Crippen molar-refractivity contribution in [2.75, 3.05) is 13.2 Å². The summed E-state index contributed by atoms with van der Waals surface area (Å²) in [6.07, 6.45) is 1.79. The van der Waals surface area contributed by atoms with Crippen molar-refractivity contribution >= 4 is 24.6 Å². The van der Waals surface area contributed by atoms with Crippen molar-refractivity contribution in [1.29, 1.82) is 0 Å². The number of hydrogen-bond donors (Lipinski definition) is 1. The minimum atomic E-state index is -2.72. The van der Waals surface area contributed by atoms with Crippen LogP contribution in [0.4, 0.5) is 0 Å². The summed E-state index contributed by atoms with van der Waals surface area (Å²) < 4.78 is 13.0. The van der Waals surface area contributed by atoms with E-state index in [9.17, 15) is 4.79 Å². The molecule has 0 saturated carbocycles. The predicted octanol–water partition coefficient (Wildman–Crippen LogP) is 6.29. The maximum absolute atomic E-state index is 13.1. The highest BCUT2D eigenvalue weighted by molar-refractivity contribution is 6.99. The van der Waals surface area contributed by atoms with Gasteiger partial charge in [0.1, 0.15) is 0 Å². The molecule has 0 bridgehead atoms. The average Bonchev–Trinajstić information content (AvgIpc) is 2.99. The molecule has 4 aromatic rings. The first-order valence-electron chi connectivity index (χ1n) is 14.6. The zero-order valence-electron chi connectivity index (χ0n) is 24.6. The highest BCUT2D eigenvalue weighted by Crippen LogP contribution is 2.36. The molecule has 0 spiro atoms. The Morgan fingerprint density at radius 3 is 1.73 bits per heavy atom. The van der Waals surface area contributed by atoms with Crippen molar-refractivity contribution in [1.82, 2.24) is 5.32 Å². The van der Waals surface area contributed by atoms with Crippen molar-refractivity contribution in [2.24, 2.45) is 0 Å². The molecule has 0 aliphatic heterocycles. The van der Waals surface area contributed by atoms with Crippen LogP contribution in [0.15, 0.2) is 121 Å². The van der Waals surface area contributed by atoms with Gasteiger partial charge in [-0.1, -0.05) is 142 Å². The van der Waals surface area contributed by atoms with Gasteiger partial charge in [0.25, 0.3) is 8.32 Å². The van der Waals surface area contributed by atoms with Gasteiger partial charge in [-0.15, -0.1) is 0 Å². The van der Waals surface area contributed by atoms with Crippen molar-refractivity contribution in [3.05, 3.63) is 132 Å². The Labute approximate surface area is 246 Å². The number of amides is 1. The van der Waals surface area contributed by atoms with E-state index in [2.05, 4.69) is 98.9 Å². The second-order valence-corrected chi connectivity index (χ2v) is 15.9. The van der Waals surface area contributed by atoms with Crippen LogP contribution < -0.4 is 15.7 Å². The molecule has 4 nitrogen and oxygen atoms in total. The summed E-state index contributed by atoms with van der Waals surface area (Å²) in [6, 6.07) is 41.6. The molecule has 0 fully saturated rings. The Bertz CT molecular complexity index is 1270. The Kier molecular flexibility index (Phi) is 11.1. The van der Waals surface area contributed by atoms with Gasteiger partial charge >= 0.3 is 0 Å². The van der Waals surface area contributed by atoms with E-state index >= 15 is 0 Å². The van der Waals surface area contributed by atoms with Gasteiger partial charge in [-0.3, -0.25) is 4.79 Å². The van der Waals surface area contributed by atoms with Crippen LogP contribution in [0.5, 0.6) is 0 Å². The van der Waals surface area contributed by atoms with E-state index in [0.717, 1.165) is 5.56 Å². The maximum atomic E-state index is 13.1. The first-order valence-corrected chi connectivity index (χ1v) is 16.5. The van der Waals surface area contributed by atoms with E-state index in [0.29, 0.717) is 39.1 Å². The second-order valence-electron chi connectivity index (χ2n) is 11.6. The molecule has 0 aliphatic rings. The van der Waals surface area contributed by atoms with Crippen molar-refractivity contribution in [3.8, 4) is 0 Å². The van der Waals surface area contributed by atoms with Crippen LogP contribution >= 0.6 is 0 Å². The fourth-order valence-corrected chi connectivity index (χ4v) is 10.0. The Morgan fingerprint density at radius 2 is 1.22 bits per heavy atom. The topological polar surface area (TPSA) is 47.6 Å². The third-order valence-electron chi connectivity index (χ3n) is 7.41. The van der Waals surface area contributed by atoms with Gasteiger partial charge in [-0.2, -0.15) is 0 Å². The van der Waals surface area contributed by atoms with E-state index in [1.807, 2.05) is 48.5 Å². The smallest absolute Gasteiger partial charge is 0.261 e. The van der Waals surface area contributed by atoms with E-state index in [1.165, 1.54) is 15.9 Å². The van der Waals surface area contributed by atoms with Crippen molar-refractivity contribution < 1.29 is 14.0 Å². The molecule has 41 heavy (non-hydrogen) atoms. The Hall–Kier alpha value is -3.51. The molecule has 5 heteroatoms. The summed E-state index contributed by atoms with van der Waals surface area (Å²) in [5.41, 5.74) is 2.32. The molecule has 0 heterocycles. The molecule has 1 atom stereocenters. The summed E-state index contributed by atoms with van der Waals surface area (Å²) in [5, 5.41) is 5.64. The highest BCUT2D eigenvalue weighted by Gasteiger charge is 2.50. The first kappa shape index (κ1) is 30.4. The third-order valence-corrected chi connectivity index (χ3v) is 12.4. The zero-order valence-corrected chi connectivity index (χ0v) is 25.6. The lowest BCUT2D eigenvalue weighted by molar-refractivity contribution is -0.122. The van der Waals surface area contributed by atoms with Crippen molar-refractivity contribution in [2.45, 2.75) is 57.7 Å². The van der Waals surface area contributed by atoms with E-state index in [4.69, 9.17) is 9.16 Å². The van der Waals surface area contributed by atoms with Crippen LogP contribution in [0.2, 0.25) is 5.04 Å². The second kappa shape index (κ2) is 14.9. The van der Waals surface area contributed by atoms with E-state index in [-0.39, 0.29) is 17.0 Å². The third kappa shape index (κ3) is 8.49. The lowest BCUT2D eigenvalue weighted by Crippen LogP contribution is -2.67. The fourth-order valence-electron chi connectivity index (χ4n) is 5.44. The number of nitrogens with one attached hydrogen (secondary N) is 1. The number of rotatable bonds is 14. The fraction of sp³-hybridized carbons (Fsp3) is 0.306. The average molecular weight is 566 g/mol. The molecule has 1 N–H and O–H groups in total. The van der Waals surface area contributed by atoms with Gasteiger partial charge in [0.05, 0.1) is 19.3 Å². The normalized spacial score (nSPS) is 12.6. The van der Waals surface area contributed by atoms with Gasteiger partial charge in [-0.25, -0.2) is 0 Å². The number of carbonyl (C=O) groups excluding carboxylic acids is 1. The lowest BCUT2D eigenvalue weighted by atomic mass is 10.1. The summed E-state index contributed by atoms with van der Waals surface area (Å²) in [6.45, 7) is 8.37. The molecule has 0 saturated heterocycles. The summed E-state index contributed by atoms with van der Waals surface area (Å²) in [7, 11) is -2.72. The lowest BCUT2D eigenvalue weighted by Gasteiger charge is -2.43. The quantitative estimate of drug-likeness (QED) is 0.144. The standard InChI is InChI=1S/C36H43NO3Si/c1-36(2,3)41(33-21-12-6-13-22-33,34-23-14-7-15-24-34)40-29-32(27-30-17-8-4-9-18-30)37-35(38)25-16-26-39-28-31-19-10-5-11-20-31/h4-15,17-24,32H,16,25-29H2,1-3H3,(H,37,38)/t32-/m1/s1. The molecule has 0 aliphatic carbocycles. The van der Waals surface area contributed by atoms with Gasteiger partial charge in [0, 0.05) is 13.0 Å². The molecule has 4 aromatic carbocycles. The molecule has 0 unspecified atom stereocenters. The van der Waals surface area contributed by atoms with Gasteiger partial charge in [0.2, 0.25) is 5.91 Å². The summed E-state index contributed by atoms with van der Waals surface area (Å²) in [4.78, 5) is 13.1. The Morgan fingerprint density at radius 1 is 0.732 bits per heavy atom. The monoisotopic (exact) mass is 565 g/mol. The number of hydrogen-bond acceptors (Lipinski definition) is 3. The SMILES string of the molecule is CC(C)(C)[Si](OC[C@@H](Cc1ccccc1)NC(=O)CCCOCc1ccccc1)(c1ccccc1)c1ccccc1. The van der Waals surface area contributed by atoms with E-state index in [1.54, 1.807) is 0 Å². The zero-order chi connectivity index (χ0) is 29.0. The van der Waals surface area contributed by atoms with E-state index < -0.39 is 8.32 Å². The Balaban J connectivity index is 1.48. The molecule has 0 radical (unpaired) electrons. The molecule has 4 rings (SSSR count). The minimum absolute atomic E-state index is 0.0280. The van der Waals surface area contributed by atoms with Gasteiger partial charge < -0.3 is 14.5 Å². The molecule has 0 aromatic heterocycles. The number of ether oxygens (including phenoxy) is 1. The predicted molar refractivity (Wildman–Crippen MR) is 171 cm³/mol. The molecular weight excluding hydrogens is 522 g/mol. The summed E-state index contributed by atoms with van der Waals surface area (Å²) >= 11 is 0. The van der Waals surface area contributed by atoms with Crippen LogP contribution in [-0.4, -0.2) is 33.5 Å². The van der Waals surface area contributed by atoms with Gasteiger partial charge in [-0.05, 0) is 39.4 Å². The van der Waals surface area contributed by atoms with Gasteiger partial charge in [0.15, 0.2) is 0 Å². The first-order chi connectivity index (χ1) is 19.9. The molecule has 1 amide bonds. The van der Waals surface area contributed by atoms with Crippen LogP contribution in [-0.2, 0) is 27.0 Å². The molecular formula is C36H43NO3Si. The van der Waals surface area contributed by atoms with Crippen LogP contribution in [0.3, 0.4) is 0 Å². The summed E-state index contributed by atoms with van der Waals surface area (Å²) in [5.74, 6) is 0.0280. The van der Waals surface area contributed by atoms with Crippen LogP contribution in [0.25, 0.3) is 0 Å². The number of carbonyl (C=O) groups is 1. The number of benzene rings is 4. The minimum Gasteiger partial charge on any atom is -0.405 e. The molecule has 214 valence electrons. The largest absolute Gasteiger partial charge is 0.405 e. The van der Waals surface area contributed by atoms with Crippen LogP contribution in [0.1, 0.15) is 44.7 Å². The van der Waals surface area contributed by atoms with Crippen LogP contribution in [0, 0.1) is 0 Å². The highest BCUT2D eigenvalue weighted by atomic mass is 28.4. The maximum Gasteiger partial charge on any atom is 0.261 e. The van der Waals surface area contributed by atoms with Crippen molar-refractivity contribution in [3.63, 3.8) is 0 Å².